The van der Waals surface area contributed by atoms with E-state index in [1.807, 2.05) is 36.4 Å². The van der Waals surface area contributed by atoms with Crippen LogP contribution < -0.4 is 9.47 Å². The maximum atomic E-state index is 10.3. The van der Waals surface area contributed by atoms with Crippen molar-refractivity contribution in [2.75, 3.05) is 13.2 Å². The van der Waals surface area contributed by atoms with Gasteiger partial charge in [-0.1, -0.05) is 47.0 Å². The van der Waals surface area contributed by atoms with Crippen molar-refractivity contribution < 1.29 is 14.7 Å². The molecule has 2 aliphatic rings. The van der Waals surface area contributed by atoms with Crippen molar-refractivity contribution in [3.8, 4) is 17.2 Å². The van der Waals surface area contributed by atoms with Gasteiger partial charge < -0.3 is 14.7 Å². The van der Waals surface area contributed by atoms with E-state index in [0.717, 1.165) is 40.3 Å². The van der Waals surface area contributed by atoms with E-state index >= 15 is 0 Å². The van der Waals surface area contributed by atoms with Crippen LogP contribution in [0.3, 0.4) is 0 Å². The van der Waals surface area contributed by atoms with E-state index in [4.69, 9.17) is 9.47 Å². The number of nitrogens with zero attached hydrogens (tertiary/aromatic N) is 1. The van der Waals surface area contributed by atoms with Gasteiger partial charge in [0.25, 0.3) is 0 Å². The fourth-order valence-electron chi connectivity index (χ4n) is 3.98. The zero-order valence-corrected chi connectivity index (χ0v) is 18.1. The molecule has 2 aromatic carbocycles. The lowest BCUT2D eigenvalue weighted by Gasteiger charge is -2.32. The van der Waals surface area contributed by atoms with E-state index < -0.39 is 0 Å². The molecule has 1 aliphatic carbocycles. The van der Waals surface area contributed by atoms with E-state index in [9.17, 15) is 5.21 Å². The van der Waals surface area contributed by atoms with E-state index in [1.165, 1.54) is 17.9 Å². The monoisotopic (exact) mass is 445 g/mol. The normalized spacial score (nSPS) is 21.6. The zero-order valence-electron chi connectivity index (χ0n) is 16.5. The average molecular weight is 446 g/mol. The molecule has 4 rings (SSSR count). The molecule has 1 aliphatic heterocycles. The molecule has 0 radical (unpaired) electrons. The molecule has 0 spiro atoms. The van der Waals surface area contributed by atoms with Crippen LogP contribution in [0.15, 0.2) is 46.9 Å². The van der Waals surface area contributed by atoms with Crippen molar-refractivity contribution in [1.82, 2.24) is 5.06 Å². The Morgan fingerprint density at radius 2 is 1.86 bits per heavy atom. The molecule has 1 saturated carbocycles. The summed E-state index contributed by atoms with van der Waals surface area (Å²) in [6, 6.07) is 13.9. The molecular weight excluding hydrogens is 418 g/mol. The molecule has 4 nitrogen and oxygen atoms in total. The van der Waals surface area contributed by atoms with Crippen molar-refractivity contribution >= 4 is 15.9 Å². The summed E-state index contributed by atoms with van der Waals surface area (Å²) in [5, 5.41) is 11.7. The van der Waals surface area contributed by atoms with Crippen LogP contribution in [0, 0.1) is 5.92 Å². The van der Waals surface area contributed by atoms with Crippen molar-refractivity contribution in [3.63, 3.8) is 0 Å². The topological polar surface area (TPSA) is 41.9 Å². The van der Waals surface area contributed by atoms with Crippen LogP contribution >= 0.6 is 15.9 Å². The van der Waals surface area contributed by atoms with Gasteiger partial charge >= 0.3 is 0 Å². The second kappa shape index (κ2) is 8.05. The lowest BCUT2D eigenvalue weighted by Crippen LogP contribution is -2.39. The first-order valence-electron chi connectivity index (χ1n) is 10.1. The van der Waals surface area contributed by atoms with Crippen molar-refractivity contribution in [2.24, 2.45) is 5.92 Å². The molecule has 28 heavy (non-hydrogen) atoms. The van der Waals surface area contributed by atoms with Gasteiger partial charge in [0.15, 0.2) is 11.5 Å². The summed E-state index contributed by atoms with van der Waals surface area (Å²) < 4.78 is 13.3. The number of halogens is 1. The Bertz CT molecular complexity index is 820. The Balaban J connectivity index is 1.64. The number of para-hydroxylation sites is 1. The van der Waals surface area contributed by atoms with Crippen LogP contribution in [-0.2, 0) is 0 Å². The van der Waals surface area contributed by atoms with E-state index in [-0.39, 0.29) is 11.5 Å². The minimum Gasteiger partial charge on any atom is -0.490 e. The second-order valence-corrected chi connectivity index (χ2v) is 9.29. The third kappa shape index (κ3) is 4.22. The van der Waals surface area contributed by atoms with Crippen LogP contribution in [-0.4, -0.2) is 29.0 Å². The molecule has 2 aromatic rings. The highest BCUT2D eigenvalue weighted by Gasteiger charge is 2.42. The number of hydroxylamine groups is 2. The van der Waals surface area contributed by atoms with Crippen LogP contribution in [0.4, 0.5) is 0 Å². The lowest BCUT2D eigenvalue weighted by molar-refractivity contribution is -0.139. The summed E-state index contributed by atoms with van der Waals surface area (Å²) in [6.45, 7) is 5.54. The minimum absolute atomic E-state index is 0.212. The van der Waals surface area contributed by atoms with Crippen molar-refractivity contribution in [3.05, 3.63) is 52.5 Å². The number of hydrogen-bond acceptors (Lipinski definition) is 4. The van der Waals surface area contributed by atoms with E-state index in [1.54, 1.807) is 0 Å². The van der Waals surface area contributed by atoms with E-state index in [0.29, 0.717) is 18.9 Å². The summed E-state index contributed by atoms with van der Waals surface area (Å²) in [7, 11) is 0. The molecule has 5 heteroatoms. The molecule has 2 fully saturated rings. The second-order valence-electron chi connectivity index (χ2n) is 8.43. The van der Waals surface area contributed by atoms with Gasteiger partial charge in [-0.15, -0.1) is 0 Å². The highest BCUT2D eigenvalue weighted by atomic mass is 79.9. The smallest absolute Gasteiger partial charge is 0.170 e. The standard InChI is InChI=1S/C23H28BrNO3/c1-23(2)19(10-12-25(23)26)18-14-21(27-13-11-16-8-9-16)22(15-20(18)24)28-17-6-4-3-5-7-17/h3-7,14-16,19,26H,8-13H2,1-2H3. The van der Waals surface area contributed by atoms with Crippen LogP contribution in [0.25, 0.3) is 0 Å². The van der Waals surface area contributed by atoms with Crippen LogP contribution in [0.2, 0.25) is 0 Å². The summed E-state index contributed by atoms with van der Waals surface area (Å²) in [6.07, 6.45) is 4.65. The van der Waals surface area contributed by atoms with Gasteiger partial charge in [0, 0.05) is 22.5 Å². The Morgan fingerprint density at radius 1 is 1.11 bits per heavy atom. The number of benzene rings is 2. The Morgan fingerprint density at radius 3 is 2.50 bits per heavy atom. The zero-order chi connectivity index (χ0) is 19.7. The largest absolute Gasteiger partial charge is 0.490 e. The first kappa shape index (κ1) is 19.7. The predicted molar refractivity (Wildman–Crippen MR) is 113 cm³/mol. The first-order valence-corrected chi connectivity index (χ1v) is 10.9. The molecule has 1 saturated heterocycles. The number of rotatable bonds is 7. The van der Waals surface area contributed by atoms with Crippen molar-refractivity contribution in [2.45, 2.75) is 51.0 Å². The summed E-state index contributed by atoms with van der Waals surface area (Å²) in [5.74, 6) is 3.31. The quantitative estimate of drug-likeness (QED) is 0.536. The Kier molecular flexibility index (Phi) is 5.68. The van der Waals surface area contributed by atoms with Gasteiger partial charge in [-0.25, -0.2) is 0 Å². The molecule has 1 atom stereocenters. The summed E-state index contributed by atoms with van der Waals surface area (Å²) in [5.41, 5.74) is 0.832. The highest BCUT2D eigenvalue weighted by Crippen LogP contribution is 2.47. The van der Waals surface area contributed by atoms with Gasteiger partial charge in [0.2, 0.25) is 0 Å². The van der Waals surface area contributed by atoms with Gasteiger partial charge in [-0.2, -0.15) is 5.06 Å². The highest BCUT2D eigenvalue weighted by molar-refractivity contribution is 9.10. The molecule has 1 unspecified atom stereocenters. The average Bonchev–Trinajstić information content (AvgIpc) is 3.45. The predicted octanol–water partition coefficient (Wildman–Crippen LogP) is 6.38. The minimum atomic E-state index is -0.324. The molecule has 0 bridgehead atoms. The van der Waals surface area contributed by atoms with Gasteiger partial charge in [0.1, 0.15) is 5.75 Å². The molecule has 0 amide bonds. The summed E-state index contributed by atoms with van der Waals surface area (Å²) in [4.78, 5) is 0. The molecule has 0 aromatic heterocycles. The molecule has 1 heterocycles. The summed E-state index contributed by atoms with van der Waals surface area (Å²) >= 11 is 3.74. The lowest BCUT2D eigenvalue weighted by atomic mass is 9.83. The Hall–Kier alpha value is -1.56. The molecule has 150 valence electrons. The SMILES string of the molecule is CC1(C)C(c2cc(OCCC3CC3)c(Oc3ccccc3)cc2Br)CCN1O. The van der Waals surface area contributed by atoms with Crippen molar-refractivity contribution in [1.29, 1.82) is 0 Å². The fourth-order valence-corrected chi connectivity index (χ4v) is 4.58. The third-order valence-electron chi connectivity index (χ3n) is 6.04. The number of hydrogen-bond donors (Lipinski definition) is 1. The maximum Gasteiger partial charge on any atom is 0.170 e. The van der Waals surface area contributed by atoms with E-state index in [2.05, 4.69) is 35.8 Å². The van der Waals surface area contributed by atoms with Gasteiger partial charge in [-0.05, 0) is 62.4 Å². The van der Waals surface area contributed by atoms with Gasteiger partial charge in [-0.3, -0.25) is 0 Å². The van der Waals surface area contributed by atoms with Crippen LogP contribution in [0.1, 0.15) is 51.0 Å². The Labute approximate surface area is 175 Å². The first-order chi connectivity index (χ1) is 13.4. The maximum absolute atomic E-state index is 10.3. The fraction of sp³-hybridized carbons (Fsp3) is 0.478. The third-order valence-corrected chi connectivity index (χ3v) is 6.72. The van der Waals surface area contributed by atoms with Gasteiger partial charge in [0.05, 0.1) is 6.61 Å². The van der Waals surface area contributed by atoms with Crippen LogP contribution in [0.5, 0.6) is 17.2 Å². The molecule has 1 N–H and O–H groups in total. The molecular formula is C23H28BrNO3. The number of ether oxygens (including phenoxy) is 2.